The molecule has 1 aliphatic heterocycles. The second kappa shape index (κ2) is 9.84. The van der Waals surface area contributed by atoms with Crippen LogP contribution in [-0.2, 0) is 4.79 Å². The number of carbonyl (C=O) groups is 1. The van der Waals surface area contributed by atoms with Crippen molar-refractivity contribution in [2.75, 3.05) is 20.3 Å². The lowest BCUT2D eigenvalue weighted by molar-refractivity contribution is -0.115. The molecule has 0 saturated carbocycles. The normalized spacial score (nSPS) is 16.2. The fourth-order valence-corrected chi connectivity index (χ4v) is 4.04. The highest BCUT2D eigenvalue weighted by molar-refractivity contribution is 9.10. The fraction of sp³-hybridized carbons (Fsp3) is 0.238. The van der Waals surface area contributed by atoms with E-state index in [4.69, 9.17) is 14.2 Å². The highest BCUT2D eigenvalue weighted by Crippen LogP contribution is 2.38. The molecule has 1 N–H and O–H groups in total. The van der Waals surface area contributed by atoms with Crippen molar-refractivity contribution in [1.82, 2.24) is 5.32 Å². The number of amidine groups is 1. The molecule has 0 spiro atoms. The minimum atomic E-state index is -0.190. The Bertz CT molecular complexity index is 958. The van der Waals surface area contributed by atoms with Gasteiger partial charge in [-0.3, -0.25) is 4.79 Å². The number of hydrogen-bond donors (Lipinski definition) is 1. The van der Waals surface area contributed by atoms with Crippen LogP contribution >= 0.6 is 27.7 Å². The van der Waals surface area contributed by atoms with Crippen LogP contribution in [0.25, 0.3) is 6.08 Å². The Morgan fingerprint density at radius 2 is 1.86 bits per heavy atom. The average Bonchev–Trinajstić information content (AvgIpc) is 3.04. The Kier molecular flexibility index (Phi) is 7.22. The lowest BCUT2D eigenvalue weighted by atomic mass is 10.2. The second-order valence-electron chi connectivity index (χ2n) is 5.88. The van der Waals surface area contributed by atoms with Crippen LogP contribution in [0.3, 0.4) is 0 Å². The first kappa shape index (κ1) is 21.3. The zero-order valence-corrected chi connectivity index (χ0v) is 18.7. The molecular formula is C21H21BrN2O4S. The number of benzene rings is 2. The zero-order valence-electron chi connectivity index (χ0n) is 16.3. The summed E-state index contributed by atoms with van der Waals surface area (Å²) in [6, 6.07) is 11.1. The largest absolute Gasteiger partial charge is 0.497 e. The van der Waals surface area contributed by atoms with Gasteiger partial charge < -0.3 is 19.5 Å². The third-order valence-electron chi connectivity index (χ3n) is 3.87. The summed E-state index contributed by atoms with van der Waals surface area (Å²) in [4.78, 5) is 17.4. The molecule has 0 unspecified atom stereocenters. The molecule has 8 heteroatoms. The first-order valence-corrected chi connectivity index (χ1v) is 10.7. The van der Waals surface area contributed by atoms with E-state index in [1.165, 1.54) is 11.8 Å². The number of amides is 1. The van der Waals surface area contributed by atoms with Gasteiger partial charge in [-0.1, -0.05) is 0 Å². The second-order valence-corrected chi connectivity index (χ2v) is 7.76. The van der Waals surface area contributed by atoms with Crippen LogP contribution in [0.15, 0.2) is 50.8 Å². The van der Waals surface area contributed by atoms with E-state index in [0.717, 1.165) is 21.5 Å². The van der Waals surface area contributed by atoms with Crippen LogP contribution in [0.2, 0.25) is 0 Å². The van der Waals surface area contributed by atoms with Gasteiger partial charge in [0.25, 0.3) is 5.91 Å². The first-order valence-electron chi connectivity index (χ1n) is 9.06. The van der Waals surface area contributed by atoms with E-state index in [9.17, 15) is 4.79 Å². The van der Waals surface area contributed by atoms with Gasteiger partial charge in [0.1, 0.15) is 5.75 Å². The van der Waals surface area contributed by atoms with E-state index in [1.807, 2.05) is 50.2 Å². The number of nitrogens with zero attached hydrogens (tertiary/aromatic N) is 1. The highest BCUT2D eigenvalue weighted by Gasteiger charge is 2.24. The Hall–Kier alpha value is -2.45. The highest BCUT2D eigenvalue weighted by atomic mass is 79.9. The van der Waals surface area contributed by atoms with Crippen molar-refractivity contribution in [3.63, 3.8) is 0 Å². The summed E-state index contributed by atoms with van der Waals surface area (Å²) < 4.78 is 17.3. The summed E-state index contributed by atoms with van der Waals surface area (Å²) in [6.45, 7) is 4.88. The number of ether oxygens (including phenoxy) is 3. The molecule has 3 rings (SSSR count). The van der Waals surface area contributed by atoms with E-state index >= 15 is 0 Å². The number of hydrogen-bond acceptors (Lipinski definition) is 6. The van der Waals surface area contributed by atoms with Crippen LogP contribution in [0.5, 0.6) is 17.2 Å². The van der Waals surface area contributed by atoms with Crippen LogP contribution < -0.4 is 19.5 Å². The minimum absolute atomic E-state index is 0.190. The van der Waals surface area contributed by atoms with Crippen LogP contribution in [-0.4, -0.2) is 31.4 Å². The number of methoxy groups -OCH3 is 1. The molecule has 152 valence electrons. The molecule has 1 heterocycles. The maximum absolute atomic E-state index is 12.4. The number of aliphatic imine (C=N–C) groups is 1. The van der Waals surface area contributed by atoms with Crippen LogP contribution in [0, 0.1) is 0 Å². The van der Waals surface area contributed by atoms with Gasteiger partial charge in [0.2, 0.25) is 0 Å². The van der Waals surface area contributed by atoms with Crippen molar-refractivity contribution >= 4 is 50.5 Å². The molecular weight excluding hydrogens is 456 g/mol. The van der Waals surface area contributed by atoms with Crippen molar-refractivity contribution in [3.05, 3.63) is 51.3 Å². The molecule has 0 radical (unpaired) electrons. The maximum atomic E-state index is 12.4. The third-order valence-corrected chi connectivity index (χ3v) is 5.37. The maximum Gasteiger partial charge on any atom is 0.264 e. The quantitative estimate of drug-likeness (QED) is 0.559. The Labute approximate surface area is 182 Å². The molecule has 1 fully saturated rings. The SMILES string of the molecule is CCOc1cc(/C=C2\SC(=Nc3ccc(OC)cc3)NC2=O)cc(Br)c1OCC. The molecule has 0 aliphatic carbocycles. The first-order chi connectivity index (χ1) is 14.0. The summed E-state index contributed by atoms with van der Waals surface area (Å²) in [5.74, 6) is 1.85. The van der Waals surface area contributed by atoms with E-state index < -0.39 is 0 Å². The molecule has 1 aliphatic rings. The van der Waals surface area contributed by atoms with E-state index in [-0.39, 0.29) is 5.91 Å². The molecule has 2 aromatic carbocycles. The lowest BCUT2D eigenvalue weighted by Crippen LogP contribution is -2.19. The minimum Gasteiger partial charge on any atom is -0.497 e. The topological polar surface area (TPSA) is 69.2 Å². The monoisotopic (exact) mass is 476 g/mol. The van der Waals surface area contributed by atoms with Crippen LogP contribution in [0.4, 0.5) is 5.69 Å². The van der Waals surface area contributed by atoms with E-state index in [0.29, 0.717) is 34.8 Å². The molecule has 6 nitrogen and oxygen atoms in total. The number of rotatable bonds is 7. The standard InChI is InChI=1S/C21H21BrN2O4S/c1-4-27-17-11-13(10-16(22)19(17)28-5-2)12-18-20(25)24-21(29-18)23-14-6-8-15(26-3)9-7-14/h6-12H,4-5H2,1-3H3,(H,23,24,25)/b18-12-. The van der Waals surface area contributed by atoms with Gasteiger partial charge in [-0.15, -0.1) is 0 Å². The predicted octanol–water partition coefficient (Wildman–Crippen LogP) is 5.15. The Balaban J connectivity index is 1.84. The fourth-order valence-electron chi connectivity index (χ4n) is 2.62. The third kappa shape index (κ3) is 5.33. The summed E-state index contributed by atoms with van der Waals surface area (Å²) >= 11 is 4.82. The zero-order chi connectivity index (χ0) is 20.8. The van der Waals surface area contributed by atoms with E-state index in [2.05, 4.69) is 26.2 Å². The Morgan fingerprint density at radius 1 is 1.14 bits per heavy atom. The van der Waals surface area contributed by atoms with Gasteiger partial charge in [-0.05, 0) is 89.6 Å². The lowest BCUT2D eigenvalue weighted by Gasteiger charge is -2.13. The molecule has 0 atom stereocenters. The van der Waals surface area contributed by atoms with Gasteiger partial charge in [0, 0.05) is 0 Å². The summed E-state index contributed by atoms with van der Waals surface area (Å²) in [6.07, 6.45) is 1.81. The van der Waals surface area contributed by atoms with E-state index in [1.54, 1.807) is 13.2 Å². The summed E-state index contributed by atoms with van der Waals surface area (Å²) in [7, 11) is 1.61. The molecule has 2 aromatic rings. The molecule has 29 heavy (non-hydrogen) atoms. The number of thioether (sulfide) groups is 1. The van der Waals surface area contributed by atoms with Gasteiger partial charge in [-0.25, -0.2) is 4.99 Å². The average molecular weight is 477 g/mol. The molecule has 1 saturated heterocycles. The smallest absolute Gasteiger partial charge is 0.264 e. The van der Waals surface area contributed by atoms with Gasteiger partial charge in [0.15, 0.2) is 16.7 Å². The summed E-state index contributed by atoms with van der Waals surface area (Å²) in [5, 5.41) is 3.32. The van der Waals surface area contributed by atoms with Gasteiger partial charge in [-0.2, -0.15) is 0 Å². The van der Waals surface area contributed by atoms with Crippen molar-refractivity contribution < 1.29 is 19.0 Å². The Morgan fingerprint density at radius 3 is 2.52 bits per heavy atom. The van der Waals surface area contributed by atoms with Crippen molar-refractivity contribution in [1.29, 1.82) is 0 Å². The summed E-state index contributed by atoms with van der Waals surface area (Å²) in [5.41, 5.74) is 1.56. The van der Waals surface area contributed by atoms with Crippen molar-refractivity contribution in [3.8, 4) is 17.2 Å². The van der Waals surface area contributed by atoms with Crippen molar-refractivity contribution in [2.45, 2.75) is 13.8 Å². The molecule has 0 aromatic heterocycles. The van der Waals surface area contributed by atoms with Gasteiger partial charge >= 0.3 is 0 Å². The van der Waals surface area contributed by atoms with Crippen molar-refractivity contribution in [2.24, 2.45) is 4.99 Å². The number of halogens is 1. The predicted molar refractivity (Wildman–Crippen MR) is 120 cm³/mol. The van der Waals surface area contributed by atoms with Gasteiger partial charge in [0.05, 0.1) is 35.4 Å². The molecule has 1 amide bonds. The van der Waals surface area contributed by atoms with Crippen LogP contribution in [0.1, 0.15) is 19.4 Å². The number of carbonyl (C=O) groups excluding carboxylic acids is 1. The molecule has 0 bridgehead atoms. The number of nitrogens with one attached hydrogen (secondary N) is 1.